The Labute approximate surface area is 119 Å². The molecule has 0 radical (unpaired) electrons. The molecule has 1 aliphatic heterocycles. The van der Waals surface area contributed by atoms with Gasteiger partial charge in [0.15, 0.2) is 0 Å². The van der Waals surface area contributed by atoms with E-state index in [1.165, 1.54) is 24.0 Å². The van der Waals surface area contributed by atoms with Crippen molar-refractivity contribution in [2.45, 2.75) is 45.8 Å². The predicted molar refractivity (Wildman–Crippen MR) is 78.5 cm³/mol. The zero-order chi connectivity index (χ0) is 13.9. The van der Waals surface area contributed by atoms with Crippen LogP contribution in [0.2, 0.25) is 0 Å². The number of hydrogen-bond donors (Lipinski definition) is 0. The van der Waals surface area contributed by atoms with Crippen LogP contribution in [0, 0.1) is 13.8 Å². The van der Waals surface area contributed by atoms with Gasteiger partial charge in [0.1, 0.15) is 5.69 Å². The van der Waals surface area contributed by atoms with Crippen LogP contribution >= 0.6 is 0 Å². The fourth-order valence-electron chi connectivity index (χ4n) is 2.77. The van der Waals surface area contributed by atoms with Crippen molar-refractivity contribution in [3.8, 4) is 11.3 Å². The van der Waals surface area contributed by atoms with Crippen molar-refractivity contribution >= 4 is 0 Å². The number of ether oxygens (including phenoxy) is 1. The summed E-state index contributed by atoms with van der Waals surface area (Å²) in [6.45, 7) is 5.90. The van der Waals surface area contributed by atoms with Crippen LogP contribution in [-0.2, 0) is 11.3 Å². The second-order valence-electron chi connectivity index (χ2n) is 5.63. The lowest BCUT2D eigenvalue weighted by molar-refractivity contribution is 0.00370. The van der Waals surface area contributed by atoms with E-state index in [1.807, 2.05) is 10.9 Å². The van der Waals surface area contributed by atoms with Crippen molar-refractivity contribution in [3.63, 3.8) is 0 Å². The highest BCUT2D eigenvalue weighted by molar-refractivity contribution is 5.62. The van der Waals surface area contributed by atoms with E-state index < -0.39 is 0 Å². The summed E-state index contributed by atoms with van der Waals surface area (Å²) in [6, 6.07) is 6.42. The molecule has 0 amide bonds. The Morgan fingerprint density at radius 2 is 2.20 bits per heavy atom. The molecule has 1 unspecified atom stereocenters. The van der Waals surface area contributed by atoms with Gasteiger partial charge >= 0.3 is 0 Å². The second kappa shape index (κ2) is 5.75. The Kier molecular flexibility index (Phi) is 3.83. The van der Waals surface area contributed by atoms with Crippen LogP contribution in [0.15, 0.2) is 24.4 Å². The van der Waals surface area contributed by atoms with Gasteiger partial charge in [-0.2, -0.15) is 0 Å². The molecule has 1 saturated heterocycles. The largest absolute Gasteiger partial charge is 0.376 e. The van der Waals surface area contributed by atoms with E-state index in [0.717, 1.165) is 30.8 Å². The Hall–Kier alpha value is -1.68. The van der Waals surface area contributed by atoms with Gasteiger partial charge in [-0.05, 0) is 38.7 Å². The predicted octanol–water partition coefficient (Wildman–Crippen LogP) is 3.13. The minimum atomic E-state index is 0.289. The van der Waals surface area contributed by atoms with Gasteiger partial charge in [0, 0.05) is 12.2 Å². The van der Waals surface area contributed by atoms with E-state index in [9.17, 15) is 0 Å². The van der Waals surface area contributed by atoms with E-state index in [0.29, 0.717) is 0 Å². The first-order valence-corrected chi connectivity index (χ1v) is 7.32. The maximum Gasteiger partial charge on any atom is 0.113 e. The summed E-state index contributed by atoms with van der Waals surface area (Å²) in [5.41, 5.74) is 4.62. The van der Waals surface area contributed by atoms with Gasteiger partial charge in [0.2, 0.25) is 0 Å². The summed E-state index contributed by atoms with van der Waals surface area (Å²) in [7, 11) is 0. The lowest BCUT2D eigenvalue weighted by atomic mass is 10.0. The SMILES string of the molecule is Cc1ccc(-c2cn(CC3CCCCO3)nn2)c(C)c1. The normalized spacial score (nSPS) is 19.2. The first-order chi connectivity index (χ1) is 9.72. The molecule has 20 heavy (non-hydrogen) atoms. The van der Waals surface area contributed by atoms with Gasteiger partial charge in [0.25, 0.3) is 0 Å². The topological polar surface area (TPSA) is 39.9 Å². The summed E-state index contributed by atoms with van der Waals surface area (Å²) in [4.78, 5) is 0. The summed E-state index contributed by atoms with van der Waals surface area (Å²) in [6.07, 6.45) is 5.87. The molecule has 2 heterocycles. The second-order valence-corrected chi connectivity index (χ2v) is 5.63. The number of hydrogen-bond acceptors (Lipinski definition) is 3. The fraction of sp³-hybridized carbons (Fsp3) is 0.500. The highest BCUT2D eigenvalue weighted by Crippen LogP contribution is 2.22. The average Bonchev–Trinajstić information content (AvgIpc) is 2.88. The molecular weight excluding hydrogens is 250 g/mol. The highest BCUT2D eigenvalue weighted by atomic mass is 16.5. The molecule has 1 atom stereocenters. The van der Waals surface area contributed by atoms with Crippen LogP contribution in [-0.4, -0.2) is 27.7 Å². The van der Waals surface area contributed by atoms with Gasteiger partial charge in [0.05, 0.1) is 18.8 Å². The van der Waals surface area contributed by atoms with Crippen LogP contribution in [0.3, 0.4) is 0 Å². The van der Waals surface area contributed by atoms with Crippen molar-refractivity contribution in [2.24, 2.45) is 0 Å². The molecule has 4 nitrogen and oxygen atoms in total. The highest BCUT2D eigenvalue weighted by Gasteiger charge is 2.15. The molecule has 4 heteroatoms. The van der Waals surface area contributed by atoms with E-state index in [4.69, 9.17) is 4.74 Å². The molecule has 1 aromatic heterocycles. The molecule has 1 aliphatic rings. The molecule has 0 N–H and O–H groups in total. The summed E-state index contributed by atoms with van der Waals surface area (Å²) in [5.74, 6) is 0. The van der Waals surface area contributed by atoms with E-state index in [-0.39, 0.29) is 6.10 Å². The Morgan fingerprint density at radius 1 is 1.30 bits per heavy atom. The van der Waals surface area contributed by atoms with Crippen LogP contribution in [0.4, 0.5) is 0 Å². The third kappa shape index (κ3) is 2.90. The zero-order valence-corrected chi connectivity index (χ0v) is 12.2. The van der Waals surface area contributed by atoms with E-state index in [1.54, 1.807) is 0 Å². The first-order valence-electron chi connectivity index (χ1n) is 7.32. The monoisotopic (exact) mass is 271 g/mol. The van der Waals surface area contributed by atoms with Crippen LogP contribution in [0.1, 0.15) is 30.4 Å². The minimum absolute atomic E-state index is 0.289. The molecule has 0 bridgehead atoms. The number of nitrogens with zero attached hydrogens (tertiary/aromatic N) is 3. The molecule has 0 aliphatic carbocycles. The number of rotatable bonds is 3. The van der Waals surface area contributed by atoms with Crippen molar-refractivity contribution < 1.29 is 4.74 Å². The molecule has 1 fully saturated rings. The molecule has 0 spiro atoms. The Bertz CT molecular complexity index is 585. The quantitative estimate of drug-likeness (QED) is 0.861. The standard InChI is InChI=1S/C16H21N3O/c1-12-6-7-15(13(2)9-12)16-11-19(18-17-16)10-14-5-3-4-8-20-14/h6-7,9,11,14H,3-5,8,10H2,1-2H3. The zero-order valence-electron chi connectivity index (χ0n) is 12.2. The van der Waals surface area contributed by atoms with Crippen molar-refractivity contribution in [2.75, 3.05) is 6.61 Å². The first kappa shape index (κ1) is 13.3. The van der Waals surface area contributed by atoms with Crippen molar-refractivity contribution in [1.29, 1.82) is 0 Å². The van der Waals surface area contributed by atoms with Crippen LogP contribution in [0.25, 0.3) is 11.3 Å². The Balaban J connectivity index is 1.75. The van der Waals surface area contributed by atoms with Gasteiger partial charge in [-0.15, -0.1) is 5.10 Å². The van der Waals surface area contributed by atoms with Gasteiger partial charge in [-0.3, -0.25) is 0 Å². The maximum absolute atomic E-state index is 5.75. The lowest BCUT2D eigenvalue weighted by Crippen LogP contribution is -2.24. The number of aryl methyl sites for hydroxylation is 2. The minimum Gasteiger partial charge on any atom is -0.376 e. The van der Waals surface area contributed by atoms with E-state index in [2.05, 4.69) is 42.4 Å². The summed E-state index contributed by atoms with van der Waals surface area (Å²) in [5, 5.41) is 8.54. The summed E-state index contributed by atoms with van der Waals surface area (Å²) >= 11 is 0. The van der Waals surface area contributed by atoms with Crippen molar-refractivity contribution in [1.82, 2.24) is 15.0 Å². The smallest absolute Gasteiger partial charge is 0.113 e. The molecular formula is C16H21N3O. The third-order valence-corrected chi connectivity index (χ3v) is 3.86. The number of benzene rings is 1. The van der Waals surface area contributed by atoms with Gasteiger partial charge < -0.3 is 4.74 Å². The lowest BCUT2D eigenvalue weighted by Gasteiger charge is -2.21. The Morgan fingerprint density at radius 3 is 2.95 bits per heavy atom. The molecule has 106 valence electrons. The van der Waals surface area contributed by atoms with E-state index >= 15 is 0 Å². The third-order valence-electron chi connectivity index (χ3n) is 3.86. The fourth-order valence-corrected chi connectivity index (χ4v) is 2.77. The number of aromatic nitrogens is 3. The maximum atomic E-state index is 5.75. The molecule has 0 saturated carbocycles. The van der Waals surface area contributed by atoms with Crippen LogP contribution in [0.5, 0.6) is 0 Å². The van der Waals surface area contributed by atoms with Gasteiger partial charge in [-0.25, -0.2) is 4.68 Å². The average molecular weight is 271 g/mol. The van der Waals surface area contributed by atoms with Crippen LogP contribution < -0.4 is 0 Å². The molecule has 1 aromatic carbocycles. The van der Waals surface area contributed by atoms with Crippen molar-refractivity contribution in [3.05, 3.63) is 35.5 Å². The molecule has 3 rings (SSSR count). The summed E-state index contributed by atoms with van der Waals surface area (Å²) < 4.78 is 7.66. The van der Waals surface area contributed by atoms with Gasteiger partial charge in [-0.1, -0.05) is 29.0 Å². The molecule has 2 aromatic rings.